The number of anilines is 2. The molecule has 320 valence electrons. The second-order valence-electron chi connectivity index (χ2n) is 14.3. The summed E-state index contributed by atoms with van der Waals surface area (Å²) in [6, 6.07) is 14.0. The number of benzene rings is 1. The van der Waals surface area contributed by atoms with Crippen LogP contribution in [0.1, 0.15) is 81.6 Å². The van der Waals surface area contributed by atoms with E-state index in [1.807, 2.05) is 63.6 Å². The normalized spacial score (nSPS) is 12.8. The van der Waals surface area contributed by atoms with Gasteiger partial charge in [-0.15, -0.1) is 40.8 Å². The molecule has 0 atom stereocenters. The molecule has 0 unspecified atom stereocenters. The van der Waals surface area contributed by atoms with Crippen LogP contribution in [0.4, 0.5) is 11.9 Å². The molecular formula is C37H52N18O5. The molecule has 5 aromatic heterocycles. The Kier molecular flexibility index (Phi) is 14.5. The van der Waals surface area contributed by atoms with E-state index in [-0.39, 0.29) is 25.3 Å². The first-order valence-corrected chi connectivity index (χ1v) is 18.8. The fraction of sp³-hybridized carbons (Fsp3) is 0.486. The van der Waals surface area contributed by atoms with E-state index in [1.54, 1.807) is 4.68 Å². The number of ether oxygens (including phenoxy) is 1. The van der Waals surface area contributed by atoms with Crippen LogP contribution in [-0.4, -0.2) is 105 Å². The molecule has 0 spiro atoms. The minimum atomic E-state index is -2.22. The summed E-state index contributed by atoms with van der Waals surface area (Å²) < 4.78 is 11.0. The van der Waals surface area contributed by atoms with Gasteiger partial charge in [0, 0.05) is 22.5 Å². The van der Waals surface area contributed by atoms with E-state index in [0.29, 0.717) is 11.4 Å². The predicted octanol–water partition coefficient (Wildman–Crippen LogP) is 4.51. The van der Waals surface area contributed by atoms with Crippen LogP contribution in [-0.2, 0) is 0 Å². The average molecular weight is 829 g/mol. The van der Waals surface area contributed by atoms with Crippen molar-refractivity contribution < 1.29 is 14.6 Å². The van der Waals surface area contributed by atoms with Crippen LogP contribution in [0, 0.1) is 67.2 Å². The van der Waals surface area contributed by atoms with Crippen LogP contribution in [0.3, 0.4) is 0 Å². The van der Waals surface area contributed by atoms with Gasteiger partial charge < -0.3 is 15.4 Å². The van der Waals surface area contributed by atoms with Gasteiger partial charge in [-0.1, -0.05) is 28.2 Å². The van der Waals surface area contributed by atoms with E-state index in [0.717, 1.165) is 71.5 Å². The highest BCUT2D eigenvalue weighted by molar-refractivity contribution is 5.38. The standard InChI is InChI=1S/C19H28N2O.C10H11N9O4.C7H9N7.CH4/c1-6-19(7-2,8-3)14-22-18-11-9-17(10-12-18)21-16(5)13-15(4)20-21;1-6-3-7(2)17(15-6)9-13-11-8(12-14-9)16-4-10(5-16,18(20)21)19(22)23;1-4-3-5(2)14(13-4)7-11-9-6(8)10-12-7;/h9-13H,6-8,14H2,1-5H3;3H,4-5H2,1-2H3;3H,1-2H3,(H2,8,9,10);1H4. The van der Waals surface area contributed by atoms with Gasteiger partial charge in [0.25, 0.3) is 23.8 Å². The van der Waals surface area contributed by atoms with Crippen LogP contribution >= 0.6 is 0 Å². The lowest BCUT2D eigenvalue weighted by molar-refractivity contribution is -0.799. The van der Waals surface area contributed by atoms with E-state index in [4.69, 9.17) is 10.5 Å². The molecule has 23 heteroatoms. The monoisotopic (exact) mass is 828 g/mol. The molecule has 1 aromatic carbocycles. The van der Waals surface area contributed by atoms with E-state index in [9.17, 15) is 20.2 Å². The van der Waals surface area contributed by atoms with Crippen molar-refractivity contribution in [2.75, 3.05) is 30.3 Å². The van der Waals surface area contributed by atoms with Crippen LogP contribution in [0.5, 0.6) is 5.75 Å². The van der Waals surface area contributed by atoms with E-state index < -0.39 is 28.6 Å². The van der Waals surface area contributed by atoms with Crippen molar-refractivity contribution in [3.8, 4) is 23.3 Å². The SMILES string of the molecule is C.CCC(CC)(CC)COc1ccc(-n2nc(C)cc2C)cc1.Cc1cc(C)n(-c2nnc(N)nn2)n1.Cc1cc(C)n(-c2nnc(N3CC([N+](=O)[O-])([N+](=O)[O-])C3)nn2)n1. The van der Waals surface area contributed by atoms with Gasteiger partial charge >= 0.3 is 5.66 Å². The van der Waals surface area contributed by atoms with Crippen LogP contribution in [0.25, 0.3) is 17.6 Å². The third-order valence-corrected chi connectivity index (χ3v) is 10.1. The molecule has 1 aliphatic heterocycles. The second-order valence-corrected chi connectivity index (χ2v) is 14.3. The molecule has 0 aliphatic carbocycles. The van der Waals surface area contributed by atoms with Crippen molar-refractivity contribution >= 4 is 11.9 Å². The Balaban J connectivity index is 0.000000202. The predicted molar refractivity (Wildman–Crippen MR) is 220 cm³/mol. The van der Waals surface area contributed by atoms with Crippen molar-refractivity contribution in [2.24, 2.45) is 5.41 Å². The largest absolute Gasteiger partial charge is 0.493 e. The Morgan fingerprint density at radius 2 is 1.03 bits per heavy atom. The highest BCUT2D eigenvalue weighted by Crippen LogP contribution is 2.31. The lowest BCUT2D eigenvalue weighted by Crippen LogP contribution is -2.70. The summed E-state index contributed by atoms with van der Waals surface area (Å²) in [5.41, 5.74) is 10.00. The Labute approximate surface area is 346 Å². The number of rotatable bonds is 12. The zero-order valence-electron chi connectivity index (χ0n) is 34.5. The lowest BCUT2D eigenvalue weighted by atomic mass is 9.81. The molecule has 0 bridgehead atoms. The van der Waals surface area contributed by atoms with Crippen LogP contribution in [0.15, 0.2) is 42.5 Å². The topological polar surface area (TPSA) is 281 Å². The second kappa shape index (κ2) is 19.1. The summed E-state index contributed by atoms with van der Waals surface area (Å²) in [5.74, 6) is 1.45. The maximum atomic E-state index is 10.9. The molecule has 1 aliphatic rings. The maximum Gasteiger partial charge on any atom is 0.492 e. The molecule has 1 fully saturated rings. The minimum absolute atomic E-state index is 0. The van der Waals surface area contributed by atoms with Crippen molar-refractivity contribution in [2.45, 2.75) is 94.7 Å². The molecule has 6 heterocycles. The van der Waals surface area contributed by atoms with Crippen molar-refractivity contribution in [1.29, 1.82) is 0 Å². The number of aromatic nitrogens is 14. The molecule has 0 saturated carbocycles. The third kappa shape index (κ3) is 10.1. The Bertz CT molecular complexity index is 2320. The van der Waals surface area contributed by atoms with Crippen LogP contribution in [0.2, 0.25) is 0 Å². The van der Waals surface area contributed by atoms with Gasteiger partial charge in [-0.2, -0.15) is 15.3 Å². The molecular weight excluding hydrogens is 777 g/mol. The molecule has 6 aromatic rings. The number of nitrogens with two attached hydrogens (primary N) is 1. The summed E-state index contributed by atoms with van der Waals surface area (Å²) >= 11 is 0. The van der Waals surface area contributed by atoms with Gasteiger partial charge in [0.15, 0.2) is 13.1 Å². The Morgan fingerprint density at radius 3 is 1.40 bits per heavy atom. The maximum absolute atomic E-state index is 10.9. The van der Waals surface area contributed by atoms with Crippen molar-refractivity contribution in [3.63, 3.8) is 0 Å². The molecule has 0 amide bonds. The number of hydrogen-bond donors (Lipinski definition) is 1. The number of nitrogen functional groups attached to an aromatic ring is 1. The minimum Gasteiger partial charge on any atom is -0.493 e. The van der Waals surface area contributed by atoms with Gasteiger partial charge in [-0.25, -0.2) is 14.0 Å². The van der Waals surface area contributed by atoms with Crippen molar-refractivity contribution in [3.05, 3.63) is 96.9 Å². The van der Waals surface area contributed by atoms with Gasteiger partial charge in [-0.3, -0.25) is 20.2 Å². The average Bonchev–Trinajstić information content (AvgIpc) is 3.85. The summed E-state index contributed by atoms with van der Waals surface area (Å²) in [4.78, 5) is 21.2. The zero-order valence-corrected chi connectivity index (χ0v) is 34.5. The number of nitrogens with zero attached hydrogens (tertiary/aromatic N) is 17. The highest BCUT2D eigenvalue weighted by atomic mass is 16.7. The summed E-state index contributed by atoms with van der Waals surface area (Å²) in [5, 5.41) is 64.7. The molecule has 60 heavy (non-hydrogen) atoms. The van der Waals surface area contributed by atoms with Gasteiger partial charge in [0.1, 0.15) is 15.6 Å². The van der Waals surface area contributed by atoms with Gasteiger partial charge in [0.05, 0.1) is 29.4 Å². The quantitative estimate of drug-likeness (QED) is 0.101. The fourth-order valence-electron chi connectivity index (χ4n) is 6.28. The van der Waals surface area contributed by atoms with Crippen molar-refractivity contribution in [1.82, 2.24) is 70.1 Å². The summed E-state index contributed by atoms with van der Waals surface area (Å²) in [6.07, 6.45) is 3.47. The molecule has 7 rings (SSSR count). The highest BCUT2D eigenvalue weighted by Gasteiger charge is 2.67. The first-order valence-electron chi connectivity index (χ1n) is 18.8. The molecule has 23 nitrogen and oxygen atoms in total. The number of hydrogen-bond acceptors (Lipinski definition) is 18. The van der Waals surface area contributed by atoms with E-state index in [1.165, 1.54) is 9.58 Å². The first kappa shape index (κ1) is 45.6. The lowest BCUT2D eigenvalue weighted by Gasteiger charge is -2.35. The number of nitro groups is 2. The third-order valence-electron chi connectivity index (χ3n) is 10.1. The van der Waals surface area contributed by atoms with E-state index in [2.05, 4.69) is 102 Å². The van der Waals surface area contributed by atoms with Gasteiger partial charge in [0.2, 0.25) is 0 Å². The van der Waals surface area contributed by atoms with Crippen LogP contribution < -0.4 is 15.4 Å². The zero-order chi connectivity index (χ0) is 43.1. The van der Waals surface area contributed by atoms with Gasteiger partial charge in [-0.05, 0) is 103 Å². The summed E-state index contributed by atoms with van der Waals surface area (Å²) in [7, 11) is 0. The van der Waals surface area contributed by atoms with E-state index >= 15 is 0 Å². The molecule has 0 radical (unpaired) electrons. The molecule has 2 N–H and O–H groups in total. The fourth-order valence-corrected chi connectivity index (χ4v) is 6.28. The number of aryl methyl sites for hydroxylation is 6. The summed E-state index contributed by atoms with van der Waals surface area (Å²) in [6.45, 7) is 18.2. The Morgan fingerprint density at radius 1 is 0.650 bits per heavy atom. The molecule has 1 saturated heterocycles. The smallest absolute Gasteiger partial charge is 0.492 e. The first-order chi connectivity index (χ1) is 28.0. The Hall–Kier alpha value is -7.07.